The van der Waals surface area contributed by atoms with Crippen LogP contribution in [0.3, 0.4) is 0 Å². The van der Waals surface area contributed by atoms with Gasteiger partial charge in [0.1, 0.15) is 11.9 Å². The van der Waals surface area contributed by atoms with E-state index in [2.05, 4.69) is 19.2 Å². The summed E-state index contributed by atoms with van der Waals surface area (Å²) in [4.78, 5) is 28.6. The van der Waals surface area contributed by atoms with E-state index in [1.807, 2.05) is 60.7 Å². The van der Waals surface area contributed by atoms with Crippen LogP contribution in [-0.4, -0.2) is 23.3 Å². The van der Waals surface area contributed by atoms with Crippen molar-refractivity contribution in [3.05, 3.63) is 107 Å². The smallest absolute Gasteiger partial charge is 0.247 e. The summed E-state index contributed by atoms with van der Waals surface area (Å²) in [5, 5.41) is 3.01. The molecule has 1 atom stereocenters. The van der Waals surface area contributed by atoms with E-state index in [4.69, 9.17) is 0 Å². The quantitative estimate of drug-likeness (QED) is 0.459. The van der Waals surface area contributed by atoms with Gasteiger partial charge in [0.15, 0.2) is 0 Å². The molecular weight excluding hydrogens is 415 g/mol. The molecule has 3 aromatic carbocycles. The third-order valence-corrected chi connectivity index (χ3v) is 5.48. The van der Waals surface area contributed by atoms with Gasteiger partial charge in [0.05, 0.1) is 6.42 Å². The number of carbonyl (C=O) groups is 2. The number of benzene rings is 3. The molecule has 3 rings (SSSR count). The molecule has 0 aromatic heterocycles. The van der Waals surface area contributed by atoms with Crippen molar-refractivity contribution in [3.8, 4) is 0 Å². The van der Waals surface area contributed by atoms with Crippen LogP contribution in [0.5, 0.6) is 0 Å². The van der Waals surface area contributed by atoms with Crippen molar-refractivity contribution in [1.29, 1.82) is 0 Å². The molecule has 172 valence electrons. The van der Waals surface area contributed by atoms with E-state index < -0.39 is 6.04 Å². The Morgan fingerprint density at radius 2 is 1.45 bits per heavy atom. The molecule has 0 aliphatic carbocycles. The summed E-state index contributed by atoms with van der Waals surface area (Å²) >= 11 is 0. The van der Waals surface area contributed by atoms with E-state index >= 15 is 0 Å². The minimum absolute atomic E-state index is 0.168. The van der Waals surface area contributed by atoms with Crippen molar-refractivity contribution < 1.29 is 14.0 Å². The minimum Gasteiger partial charge on any atom is -0.354 e. The van der Waals surface area contributed by atoms with Crippen LogP contribution in [0.4, 0.5) is 4.39 Å². The Kier molecular flexibility index (Phi) is 8.76. The van der Waals surface area contributed by atoms with Crippen molar-refractivity contribution in [2.45, 2.75) is 39.3 Å². The van der Waals surface area contributed by atoms with E-state index in [1.54, 1.807) is 17.0 Å². The van der Waals surface area contributed by atoms with E-state index in [1.165, 1.54) is 12.1 Å². The maximum absolute atomic E-state index is 13.6. The Labute approximate surface area is 195 Å². The predicted molar refractivity (Wildman–Crippen MR) is 129 cm³/mol. The van der Waals surface area contributed by atoms with Crippen LogP contribution in [0.15, 0.2) is 84.9 Å². The predicted octanol–water partition coefficient (Wildman–Crippen LogP) is 5.30. The molecule has 0 radical (unpaired) electrons. The van der Waals surface area contributed by atoms with Gasteiger partial charge in [-0.15, -0.1) is 0 Å². The molecule has 1 N–H and O–H groups in total. The van der Waals surface area contributed by atoms with Gasteiger partial charge >= 0.3 is 0 Å². The lowest BCUT2D eigenvalue weighted by molar-refractivity contribution is -0.141. The molecule has 0 saturated carbocycles. The first-order chi connectivity index (χ1) is 15.9. The zero-order chi connectivity index (χ0) is 23.6. The molecule has 0 aliphatic rings. The van der Waals surface area contributed by atoms with Crippen molar-refractivity contribution >= 4 is 11.8 Å². The van der Waals surface area contributed by atoms with Crippen LogP contribution in [0.1, 0.15) is 43.0 Å². The monoisotopic (exact) mass is 446 g/mol. The molecule has 0 bridgehead atoms. The molecule has 0 spiro atoms. The lowest BCUT2D eigenvalue weighted by Gasteiger charge is -2.32. The van der Waals surface area contributed by atoms with Crippen LogP contribution in [0.25, 0.3) is 0 Å². The number of rotatable bonds is 10. The Bertz CT molecular complexity index is 1020. The fourth-order valence-corrected chi connectivity index (χ4v) is 3.67. The highest BCUT2D eigenvalue weighted by Crippen LogP contribution is 2.25. The molecule has 33 heavy (non-hydrogen) atoms. The highest BCUT2D eigenvalue weighted by Gasteiger charge is 2.31. The third kappa shape index (κ3) is 7.28. The lowest BCUT2D eigenvalue weighted by atomic mass is 10.0. The fourth-order valence-electron chi connectivity index (χ4n) is 3.67. The van der Waals surface area contributed by atoms with Gasteiger partial charge in [-0.1, -0.05) is 86.6 Å². The van der Waals surface area contributed by atoms with Crippen LogP contribution >= 0.6 is 0 Å². The van der Waals surface area contributed by atoms with Crippen molar-refractivity contribution in [1.82, 2.24) is 10.2 Å². The normalized spacial score (nSPS) is 11.8. The number of carbonyl (C=O) groups excluding carboxylic acids is 2. The van der Waals surface area contributed by atoms with Crippen LogP contribution in [0, 0.1) is 11.7 Å². The molecule has 0 aliphatic heterocycles. The molecule has 0 saturated heterocycles. The Morgan fingerprint density at radius 3 is 2.06 bits per heavy atom. The van der Waals surface area contributed by atoms with Gasteiger partial charge in [0.2, 0.25) is 11.8 Å². The first-order valence-electron chi connectivity index (χ1n) is 11.3. The number of nitrogens with one attached hydrogen (secondary N) is 1. The molecule has 0 heterocycles. The van der Waals surface area contributed by atoms with Gasteiger partial charge in [-0.25, -0.2) is 4.39 Å². The average Bonchev–Trinajstić information content (AvgIpc) is 2.81. The molecule has 3 aromatic rings. The van der Waals surface area contributed by atoms with Crippen LogP contribution < -0.4 is 5.32 Å². The summed E-state index contributed by atoms with van der Waals surface area (Å²) in [6.07, 6.45) is 1.02. The number of nitrogens with zero attached hydrogens (tertiary/aromatic N) is 1. The summed E-state index contributed by atoms with van der Waals surface area (Å²) in [6.45, 7) is 4.94. The fraction of sp³-hybridized carbons (Fsp3) is 0.286. The number of hydrogen-bond acceptors (Lipinski definition) is 2. The number of amides is 2. The molecule has 5 heteroatoms. The van der Waals surface area contributed by atoms with Gasteiger partial charge in [-0.2, -0.15) is 0 Å². The second-order valence-electron chi connectivity index (χ2n) is 8.60. The summed E-state index contributed by atoms with van der Waals surface area (Å²) in [5.41, 5.74) is 2.37. The SMILES string of the molecule is CC(C)CCNC(=O)[C@H](c1ccccc1)N(Cc1ccc(F)cc1)C(=O)Cc1ccccc1. The Balaban J connectivity index is 1.94. The molecule has 0 unspecified atom stereocenters. The zero-order valence-corrected chi connectivity index (χ0v) is 19.2. The minimum atomic E-state index is -0.792. The molecular formula is C28H31FN2O2. The van der Waals surface area contributed by atoms with E-state index in [0.29, 0.717) is 12.5 Å². The lowest BCUT2D eigenvalue weighted by Crippen LogP contribution is -2.44. The maximum atomic E-state index is 13.6. The second-order valence-corrected chi connectivity index (χ2v) is 8.60. The highest BCUT2D eigenvalue weighted by molar-refractivity contribution is 5.89. The largest absolute Gasteiger partial charge is 0.354 e. The Hall–Kier alpha value is -3.47. The Morgan fingerprint density at radius 1 is 0.848 bits per heavy atom. The van der Waals surface area contributed by atoms with E-state index in [9.17, 15) is 14.0 Å². The molecule has 2 amide bonds. The van der Waals surface area contributed by atoms with Crippen LogP contribution in [0.2, 0.25) is 0 Å². The van der Waals surface area contributed by atoms with Crippen molar-refractivity contribution in [2.24, 2.45) is 5.92 Å². The summed E-state index contributed by atoms with van der Waals surface area (Å²) in [5.74, 6) is -0.272. The van der Waals surface area contributed by atoms with Crippen molar-refractivity contribution in [2.75, 3.05) is 6.54 Å². The van der Waals surface area contributed by atoms with Gasteiger partial charge in [-0.3, -0.25) is 9.59 Å². The van der Waals surface area contributed by atoms with E-state index in [0.717, 1.165) is 23.1 Å². The molecule has 4 nitrogen and oxygen atoms in total. The topological polar surface area (TPSA) is 49.4 Å². The summed E-state index contributed by atoms with van der Waals surface area (Å²) < 4.78 is 13.5. The maximum Gasteiger partial charge on any atom is 0.247 e. The summed E-state index contributed by atoms with van der Waals surface area (Å²) in [7, 11) is 0. The first-order valence-corrected chi connectivity index (χ1v) is 11.3. The first kappa shape index (κ1) is 24.2. The van der Waals surface area contributed by atoms with Gasteiger partial charge < -0.3 is 10.2 Å². The van der Waals surface area contributed by atoms with Gasteiger partial charge in [0, 0.05) is 13.1 Å². The average molecular weight is 447 g/mol. The third-order valence-electron chi connectivity index (χ3n) is 5.48. The second kappa shape index (κ2) is 12.0. The van der Waals surface area contributed by atoms with Crippen molar-refractivity contribution in [3.63, 3.8) is 0 Å². The van der Waals surface area contributed by atoms with Gasteiger partial charge in [0.25, 0.3) is 0 Å². The van der Waals surface area contributed by atoms with Crippen LogP contribution in [-0.2, 0) is 22.6 Å². The van der Waals surface area contributed by atoms with Gasteiger partial charge in [-0.05, 0) is 41.2 Å². The summed E-state index contributed by atoms with van der Waals surface area (Å²) in [6, 6.07) is 24.1. The number of hydrogen-bond donors (Lipinski definition) is 1. The number of halogens is 1. The highest BCUT2D eigenvalue weighted by atomic mass is 19.1. The zero-order valence-electron chi connectivity index (χ0n) is 19.2. The standard InChI is InChI=1S/C28H31FN2O2/c1-21(2)17-18-30-28(33)27(24-11-7-4-8-12-24)31(20-23-13-15-25(29)16-14-23)26(32)19-22-9-5-3-6-10-22/h3-16,21,27H,17-20H2,1-2H3,(H,30,33)/t27-/m0/s1. The molecule has 0 fully saturated rings. The van der Waals surface area contributed by atoms with E-state index in [-0.39, 0.29) is 30.6 Å².